The second kappa shape index (κ2) is 9.73. The number of nitrogens with zero attached hydrogens (tertiary/aromatic N) is 4. The molecule has 0 N–H and O–H groups in total. The molecule has 30 heavy (non-hydrogen) atoms. The van der Waals surface area contributed by atoms with Gasteiger partial charge in [-0.05, 0) is 43.7 Å². The third kappa shape index (κ3) is 4.80. The van der Waals surface area contributed by atoms with Crippen LogP contribution in [-0.2, 0) is 6.54 Å². The molecule has 0 aliphatic carbocycles. The van der Waals surface area contributed by atoms with E-state index in [-0.39, 0.29) is 18.3 Å². The van der Waals surface area contributed by atoms with Crippen LogP contribution in [0, 0.1) is 6.92 Å². The van der Waals surface area contributed by atoms with E-state index in [4.69, 9.17) is 9.72 Å². The number of aromatic nitrogens is 3. The number of imidazole rings is 1. The van der Waals surface area contributed by atoms with E-state index in [1.165, 1.54) is 11.3 Å². The van der Waals surface area contributed by atoms with Gasteiger partial charge in [0.05, 0.1) is 23.7 Å². The van der Waals surface area contributed by atoms with Crippen molar-refractivity contribution in [2.24, 2.45) is 0 Å². The van der Waals surface area contributed by atoms with Crippen LogP contribution >= 0.6 is 23.7 Å². The third-order valence-electron chi connectivity index (χ3n) is 4.68. The van der Waals surface area contributed by atoms with E-state index in [1.807, 2.05) is 60.2 Å². The largest absolute Gasteiger partial charge is 0.497 e. The number of hydrogen-bond donors (Lipinski definition) is 0. The molecular weight excluding hydrogens is 420 g/mol. The predicted octanol–water partition coefficient (Wildman–Crippen LogP) is 4.97. The molecular formula is C22H23ClN4O2S. The maximum Gasteiger partial charge on any atom is 0.260 e. The highest BCUT2D eigenvalue weighted by Gasteiger charge is 2.21. The number of thiazole rings is 1. The summed E-state index contributed by atoms with van der Waals surface area (Å²) >= 11 is 1.50. The van der Waals surface area contributed by atoms with E-state index < -0.39 is 0 Å². The van der Waals surface area contributed by atoms with Gasteiger partial charge in [-0.25, -0.2) is 9.97 Å². The molecule has 2 heterocycles. The number of carbonyl (C=O) groups excluding carboxylic acids is 1. The van der Waals surface area contributed by atoms with Crippen LogP contribution in [0.3, 0.4) is 0 Å². The Bertz CT molecular complexity index is 1130. The summed E-state index contributed by atoms with van der Waals surface area (Å²) in [5.74, 6) is 0.745. The minimum Gasteiger partial charge on any atom is -0.497 e. The quantitative estimate of drug-likeness (QED) is 0.405. The molecule has 0 saturated heterocycles. The van der Waals surface area contributed by atoms with Crippen LogP contribution in [0.25, 0.3) is 10.2 Å². The number of ether oxygens (including phenoxy) is 1. The van der Waals surface area contributed by atoms with E-state index in [2.05, 4.69) is 4.98 Å². The van der Waals surface area contributed by atoms with Crippen molar-refractivity contribution in [3.63, 3.8) is 0 Å². The Hall–Kier alpha value is -2.90. The van der Waals surface area contributed by atoms with Gasteiger partial charge in [-0.1, -0.05) is 29.0 Å². The van der Waals surface area contributed by atoms with Crippen LogP contribution in [0.2, 0.25) is 0 Å². The molecule has 0 bridgehead atoms. The minimum atomic E-state index is -0.0367. The summed E-state index contributed by atoms with van der Waals surface area (Å²) in [4.78, 5) is 23.9. The number of halogens is 1. The zero-order valence-electron chi connectivity index (χ0n) is 16.8. The fourth-order valence-corrected chi connectivity index (χ4v) is 4.20. The number of benzene rings is 2. The average Bonchev–Trinajstić information content (AvgIpc) is 3.39. The Labute approximate surface area is 185 Å². The molecule has 0 atom stereocenters. The van der Waals surface area contributed by atoms with Crippen molar-refractivity contribution >= 4 is 45.0 Å². The molecule has 0 spiro atoms. The highest BCUT2D eigenvalue weighted by molar-refractivity contribution is 7.22. The summed E-state index contributed by atoms with van der Waals surface area (Å²) in [6.45, 7) is 3.35. The summed E-state index contributed by atoms with van der Waals surface area (Å²) in [5, 5.41) is 0.699. The number of aryl methyl sites for hydroxylation is 2. The summed E-state index contributed by atoms with van der Waals surface area (Å²) in [7, 11) is 1.65. The summed E-state index contributed by atoms with van der Waals surface area (Å²) in [6.07, 6.45) is 6.27. The van der Waals surface area contributed by atoms with Crippen molar-refractivity contribution in [1.29, 1.82) is 0 Å². The Morgan fingerprint density at radius 1 is 1.23 bits per heavy atom. The van der Waals surface area contributed by atoms with Gasteiger partial charge in [0, 0.05) is 31.0 Å². The number of methoxy groups -OCH3 is 1. The molecule has 156 valence electrons. The van der Waals surface area contributed by atoms with Gasteiger partial charge in [-0.15, -0.1) is 12.4 Å². The molecule has 0 radical (unpaired) electrons. The average molecular weight is 443 g/mol. The predicted molar refractivity (Wildman–Crippen MR) is 123 cm³/mol. The Kier molecular flexibility index (Phi) is 7.07. The summed E-state index contributed by atoms with van der Waals surface area (Å²) in [6, 6.07) is 13.4. The van der Waals surface area contributed by atoms with Gasteiger partial charge < -0.3 is 9.30 Å². The highest BCUT2D eigenvalue weighted by atomic mass is 35.5. The molecule has 0 saturated carbocycles. The number of amides is 1. The van der Waals surface area contributed by atoms with E-state index in [9.17, 15) is 4.79 Å². The lowest BCUT2D eigenvalue weighted by Crippen LogP contribution is -2.32. The molecule has 8 heteroatoms. The summed E-state index contributed by atoms with van der Waals surface area (Å²) in [5.41, 5.74) is 2.59. The number of rotatable bonds is 7. The molecule has 2 aromatic heterocycles. The van der Waals surface area contributed by atoms with Crippen LogP contribution in [-0.4, -0.2) is 34.1 Å². The number of hydrogen-bond acceptors (Lipinski definition) is 5. The molecule has 4 rings (SSSR count). The number of carbonyl (C=O) groups is 1. The van der Waals surface area contributed by atoms with Crippen molar-refractivity contribution in [3.05, 3.63) is 72.3 Å². The lowest BCUT2D eigenvalue weighted by molar-refractivity contribution is 0.0986. The molecule has 0 unspecified atom stereocenters. The number of fused-ring (bicyclic) bond motifs is 1. The molecule has 6 nitrogen and oxygen atoms in total. The zero-order chi connectivity index (χ0) is 20.2. The normalized spacial score (nSPS) is 10.6. The first-order valence-electron chi connectivity index (χ1n) is 9.43. The molecule has 1 amide bonds. The number of anilines is 1. The maximum atomic E-state index is 13.3. The Morgan fingerprint density at radius 3 is 2.83 bits per heavy atom. The highest BCUT2D eigenvalue weighted by Crippen LogP contribution is 2.32. The van der Waals surface area contributed by atoms with Crippen LogP contribution in [0.5, 0.6) is 5.75 Å². The standard InChI is InChI=1S/C22H22N4O2S.ClH/c1-16-5-3-6-17(13-16)21(27)26(11-4-10-25-12-9-23-15-25)22-24-19-8-7-18(28-2)14-20(19)29-22;/h3,5-9,12-15H,4,10-11H2,1-2H3;1H. The van der Waals surface area contributed by atoms with Crippen molar-refractivity contribution < 1.29 is 9.53 Å². The van der Waals surface area contributed by atoms with E-state index in [0.717, 1.165) is 34.5 Å². The maximum absolute atomic E-state index is 13.3. The van der Waals surface area contributed by atoms with E-state index in [1.54, 1.807) is 24.5 Å². The second-order valence-corrected chi connectivity index (χ2v) is 7.82. The minimum absolute atomic E-state index is 0. The van der Waals surface area contributed by atoms with Gasteiger partial charge in [0.25, 0.3) is 5.91 Å². The van der Waals surface area contributed by atoms with Gasteiger partial charge in [-0.3, -0.25) is 9.69 Å². The first kappa shape index (κ1) is 21.8. The van der Waals surface area contributed by atoms with Crippen molar-refractivity contribution in [2.45, 2.75) is 19.9 Å². The van der Waals surface area contributed by atoms with Crippen LogP contribution in [0.1, 0.15) is 22.3 Å². The van der Waals surface area contributed by atoms with Crippen LogP contribution < -0.4 is 9.64 Å². The first-order valence-corrected chi connectivity index (χ1v) is 10.2. The van der Waals surface area contributed by atoms with Crippen LogP contribution in [0.4, 0.5) is 5.13 Å². The summed E-state index contributed by atoms with van der Waals surface area (Å²) < 4.78 is 8.33. The van der Waals surface area contributed by atoms with Crippen molar-refractivity contribution in [2.75, 3.05) is 18.6 Å². The molecule has 0 aliphatic rings. The SMILES string of the molecule is COc1ccc2nc(N(CCCn3ccnc3)C(=O)c3cccc(C)c3)sc2c1.Cl. The molecule has 4 aromatic rings. The monoisotopic (exact) mass is 442 g/mol. The fourth-order valence-electron chi connectivity index (χ4n) is 3.18. The van der Waals surface area contributed by atoms with Crippen molar-refractivity contribution in [1.82, 2.24) is 14.5 Å². The lowest BCUT2D eigenvalue weighted by Gasteiger charge is -2.20. The third-order valence-corrected chi connectivity index (χ3v) is 5.72. The molecule has 2 aromatic carbocycles. The first-order chi connectivity index (χ1) is 14.1. The van der Waals surface area contributed by atoms with E-state index >= 15 is 0 Å². The van der Waals surface area contributed by atoms with Gasteiger partial charge in [0.2, 0.25) is 0 Å². The van der Waals surface area contributed by atoms with Gasteiger partial charge in [-0.2, -0.15) is 0 Å². The zero-order valence-corrected chi connectivity index (χ0v) is 18.4. The van der Waals surface area contributed by atoms with Gasteiger partial charge >= 0.3 is 0 Å². The molecule has 0 aliphatic heterocycles. The van der Waals surface area contributed by atoms with E-state index in [0.29, 0.717) is 17.2 Å². The smallest absolute Gasteiger partial charge is 0.260 e. The van der Waals surface area contributed by atoms with Crippen molar-refractivity contribution in [3.8, 4) is 5.75 Å². The second-order valence-electron chi connectivity index (χ2n) is 6.81. The van der Waals surface area contributed by atoms with Gasteiger partial charge in [0.15, 0.2) is 5.13 Å². The van der Waals surface area contributed by atoms with Gasteiger partial charge in [0.1, 0.15) is 5.75 Å². The van der Waals surface area contributed by atoms with Crippen LogP contribution in [0.15, 0.2) is 61.2 Å². The topological polar surface area (TPSA) is 60.2 Å². The molecule has 0 fully saturated rings. The fraction of sp³-hybridized carbons (Fsp3) is 0.227. The Balaban J connectivity index is 0.00000256. The Morgan fingerprint density at radius 2 is 2.10 bits per heavy atom. The lowest BCUT2D eigenvalue weighted by atomic mass is 10.1.